The molecule has 2 aromatic rings. The number of rotatable bonds is 8. The Morgan fingerprint density at radius 2 is 1.84 bits per heavy atom. The number of nitrogens with zero attached hydrogens (tertiary/aromatic N) is 2. The number of phosphoric acid groups is 3. The molecule has 0 bridgehead atoms. The maximum atomic E-state index is 15.0. The maximum absolute atomic E-state index is 15.0. The van der Waals surface area contributed by atoms with Crippen LogP contribution in [0.2, 0.25) is 0 Å². The summed E-state index contributed by atoms with van der Waals surface area (Å²) in [6, 6.07) is 4.53. The van der Waals surface area contributed by atoms with E-state index >= 15 is 4.39 Å². The van der Waals surface area contributed by atoms with Crippen LogP contribution in [-0.4, -0.2) is 59.3 Å². The van der Waals surface area contributed by atoms with Gasteiger partial charge in [0.1, 0.15) is 17.8 Å². The largest absolute Gasteiger partial charge is 0.490 e. The van der Waals surface area contributed by atoms with Gasteiger partial charge in [0.05, 0.1) is 23.5 Å². The van der Waals surface area contributed by atoms with Crippen molar-refractivity contribution >= 4 is 34.7 Å². The number of alkyl halides is 1. The van der Waals surface area contributed by atoms with Crippen LogP contribution in [0, 0.1) is 0 Å². The highest BCUT2D eigenvalue weighted by Crippen LogP contribution is 2.66. The van der Waals surface area contributed by atoms with E-state index in [0.717, 1.165) is 0 Å². The molecule has 0 aliphatic carbocycles. The van der Waals surface area contributed by atoms with Crippen LogP contribution in [0.15, 0.2) is 24.4 Å². The Hall–Kier alpha value is -1.25. The van der Waals surface area contributed by atoms with E-state index in [1.807, 2.05) is 0 Å². The van der Waals surface area contributed by atoms with E-state index in [1.54, 1.807) is 6.07 Å². The molecule has 2 unspecified atom stereocenters. The fourth-order valence-electron chi connectivity index (χ4n) is 3.18. The predicted octanol–water partition coefficient (Wildman–Crippen LogP) is 0.573. The lowest BCUT2D eigenvalue weighted by Gasteiger charge is -2.26. The van der Waals surface area contributed by atoms with Crippen LogP contribution in [0.3, 0.4) is 0 Å². The van der Waals surface area contributed by atoms with Gasteiger partial charge in [0.2, 0.25) is 0 Å². The van der Waals surface area contributed by atoms with E-state index in [4.69, 9.17) is 25.2 Å². The Morgan fingerprint density at radius 1 is 1.19 bits per heavy atom. The number of aliphatic hydroxyl groups is 1. The molecule has 1 fully saturated rings. The minimum atomic E-state index is -5.72. The number of hydrogen-bond acceptors (Lipinski definition) is 10. The monoisotopic (exact) mass is 521 g/mol. The first-order valence-corrected chi connectivity index (χ1v) is 13.1. The molecule has 19 heteroatoms. The highest BCUT2D eigenvalue weighted by molar-refractivity contribution is 7.66. The van der Waals surface area contributed by atoms with E-state index in [1.165, 1.54) is 29.8 Å². The summed E-state index contributed by atoms with van der Waals surface area (Å²) in [6.45, 7) is 0.276. The Morgan fingerprint density at radius 3 is 2.47 bits per heavy atom. The van der Waals surface area contributed by atoms with Gasteiger partial charge < -0.3 is 35.2 Å². The van der Waals surface area contributed by atoms with E-state index in [2.05, 4.69) is 18.2 Å². The third kappa shape index (κ3) is 5.28. The zero-order chi connectivity index (χ0) is 24.1. The van der Waals surface area contributed by atoms with Crippen LogP contribution in [0.1, 0.15) is 12.6 Å². The van der Waals surface area contributed by atoms with Crippen molar-refractivity contribution in [2.24, 2.45) is 0 Å². The number of hydrogen-bond donors (Lipinski definition) is 6. The van der Waals surface area contributed by atoms with Crippen LogP contribution in [-0.2, 0) is 37.2 Å². The summed E-state index contributed by atoms with van der Waals surface area (Å²) in [5.41, 5.74) is 4.97. The molecule has 0 radical (unpaired) electrons. The van der Waals surface area contributed by atoms with Gasteiger partial charge >= 0.3 is 23.5 Å². The molecule has 0 aromatic carbocycles. The molecular weight excluding hydrogens is 502 g/mol. The normalized spacial score (nSPS) is 30.3. The molecule has 2 aromatic heterocycles. The summed E-state index contributed by atoms with van der Waals surface area (Å²) in [7, 11) is -16.8. The Balaban J connectivity index is 1.75. The lowest BCUT2D eigenvalue weighted by atomic mass is 9.94. The topological polar surface area (TPSA) is 233 Å². The van der Waals surface area contributed by atoms with Crippen LogP contribution in [0.4, 0.5) is 10.1 Å². The average Bonchev–Trinajstić information content (AvgIpc) is 3.14. The average molecular weight is 521 g/mol. The highest BCUT2D eigenvalue weighted by Gasteiger charge is 2.55. The second-order valence-corrected chi connectivity index (χ2v) is 11.3. The van der Waals surface area contributed by atoms with Crippen molar-refractivity contribution in [3.8, 4) is 0 Å². The SMILES string of the molecule is C[C@@]1(c2ccc3c(N)ccnn23)O[C@H](COP(=O)(O)OP(=O)(O)OP(=O)(O)O)[C@@H](O)[C@H]1F. The van der Waals surface area contributed by atoms with Gasteiger partial charge in [0, 0.05) is 6.20 Å². The lowest BCUT2D eigenvalue weighted by Crippen LogP contribution is -2.36. The third-order valence-corrected chi connectivity index (χ3v) is 8.32. The fraction of sp³-hybridized carbons (Fsp3) is 0.462. The molecule has 3 heterocycles. The first-order valence-electron chi connectivity index (χ1n) is 8.56. The van der Waals surface area contributed by atoms with Crippen molar-refractivity contribution in [3.05, 3.63) is 30.1 Å². The molecule has 3 rings (SSSR count). The van der Waals surface area contributed by atoms with Crippen molar-refractivity contribution in [1.29, 1.82) is 0 Å². The number of halogens is 1. The van der Waals surface area contributed by atoms with Gasteiger partial charge in [-0.2, -0.15) is 13.7 Å². The molecule has 0 saturated carbocycles. The number of fused-ring (bicyclic) bond motifs is 1. The zero-order valence-electron chi connectivity index (χ0n) is 16.0. The van der Waals surface area contributed by atoms with Crippen molar-refractivity contribution in [2.45, 2.75) is 30.9 Å². The van der Waals surface area contributed by atoms with E-state index in [9.17, 15) is 23.7 Å². The molecule has 32 heavy (non-hydrogen) atoms. The Kier molecular flexibility index (Phi) is 6.75. The Bertz CT molecular complexity index is 1160. The fourth-order valence-corrected chi connectivity index (χ4v) is 6.21. The Labute approximate surface area is 179 Å². The molecule has 1 saturated heterocycles. The molecule has 7 N–H and O–H groups in total. The smallest absolute Gasteiger partial charge is 0.397 e. The lowest BCUT2D eigenvalue weighted by molar-refractivity contribution is -0.0770. The number of aliphatic hydroxyl groups excluding tert-OH is 1. The zero-order valence-corrected chi connectivity index (χ0v) is 18.7. The van der Waals surface area contributed by atoms with Gasteiger partial charge in [-0.1, -0.05) is 0 Å². The number of nitrogens with two attached hydrogens (primary N) is 1. The minimum absolute atomic E-state index is 0.159. The predicted molar refractivity (Wildman–Crippen MR) is 103 cm³/mol. The third-order valence-electron chi connectivity index (χ3n) is 4.52. The van der Waals surface area contributed by atoms with Gasteiger partial charge in [-0.3, -0.25) is 4.52 Å². The summed E-state index contributed by atoms with van der Waals surface area (Å²) >= 11 is 0. The van der Waals surface area contributed by atoms with Gasteiger partial charge in [0.15, 0.2) is 6.17 Å². The maximum Gasteiger partial charge on any atom is 0.490 e. The molecule has 1 aliphatic rings. The van der Waals surface area contributed by atoms with Crippen LogP contribution >= 0.6 is 23.5 Å². The van der Waals surface area contributed by atoms with Crippen molar-refractivity contribution in [1.82, 2.24) is 9.61 Å². The van der Waals surface area contributed by atoms with Crippen molar-refractivity contribution < 1.29 is 60.6 Å². The first kappa shape index (κ1) is 25.4. The van der Waals surface area contributed by atoms with Crippen molar-refractivity contribution in [2.75, 3.05) is 12.3 Å². The molecule has 15 nitrogen and oxygen atoms in total. The summed E-state index contributed by atoms with van der Waals surface area (Å²) in [5.74, 6) is 0. The highest BCUT2D eigenvalue weighted by atomic mass is 31.3. The number of phosphoric ester groups is 1. The standard InChI is InChI=1S/C13H19FN3O12P3/c1-13(10-3-2-8-7(15)4-5-16-17(8)10)12(14)11(18)9(27-13)6-26-31(22,23)29-32(24,25)28-30(19,20)21/h2-5,9,11-12,18H,6,15H2,1H3,(H,22,23)(H,24,25)(H2,19,20,21)/t9-,11-,12-,13+/m1/s1. The number of ether oxygens (including phenoxy) is 1. The first-order chi connectivity index (χ1) is 14.5. The van der Waals surface area contributed by atoms with Crippen molar-refractivity contribution in [3.63, 3.8) is 0 Å². The quantitative estimate of drug-likeness (QED) is 0.261. The summed E-state index contributed by atoms with van der Waals surface area (Å²) in [4.78, 5) is 35.7. The van der Waals surface area contributed by atoms with E-state index in [0.29, 0.717) is 11.2 Å². The number of nitrogen functional groups attached to an aromatic ring is 1. The second kappa shape index (κ2) is 8.51. The molecule has 1 aliphatic heterocycles. The van der Waals surface area contributed by atoms with Crippen LogP contribution in [0.25, 0.3) is 5.52 Å². The molecule has 180 valence electrons. The molecule has 0 spiro atoms. The summed E-state index contributed by atoms with van der Waals surface area (Å²) in [5, 5.41) is 14.3. The van der Waals surface area contributed by atoms with Gasteiger partial charge in [-0.05, 0) is 25.1 Å². The van der Waals surface area contributed by atoms with Gasteiger partial charge in [-0.25, -0.2) is 22.6 Å². The van der Waals surface area contributed by atoms with Gasteiger partial charge in [0.25, 0.3) is 0 Å². The summed E-state index contributed by atoms with van der Waals surface area (Å²) < 4.78 is 67.3. The van der Waals surface area contributed by atoms with Gasteiger partial charge in [-0.15, -0.1) is 0 Å². The number of anilines is 1. The summed E-state index contributed by atoms with van der Waals surface area (Å²) in [6.07, 6.45) is -4.15. The molecule has 0 amide bonds. The molecule has 6 atom stereocenters. The van der Waals surface area contributed by atoms with E-state index < -0.39 is 54.1 Å². The van der Waals surface area contributed by atoms with Crippen LogP contribution in [0.5, 0.6) is 0 Å². The molecular formula is C13H19FN3O12P3. The van der Waals surface area contributed by atoms with E-state index in [-0.39, 0.29) is 5.69 Å². The number of aromatic nitrogens is 2. The second-order valence-electron chi connectivity index (χ2n) is 6.84. The van der Waals surface area contributed by atoms with Crippen LogP contribution < -0.4 is 5.73 Å². The minimum Gasteiger partial charge on any atom is -0.397 e.